The number of carbonyl (C=O) groups is 1. The molecule has 0 aliphatic carbocycles. The van der Waals surface area contributed by atoms with Gasteiger partial charge in [0.1, 0.15) is 5.82 Å². The third-order valence-electron chi connectivity index (χ3n) is 3.25. The van der Waals surface area contributed by atoms with Crippen LogP contribution in [0.1, 0.15) is 28.5 Å². The smallest absolute Gasteiger partial charge is 0.338 e. The Morgan fingerprint density at radius 2 is 2.12 bits per heavy atom. The Hall–Kier alpha value is -1.84. The Balaban J connectivity index is 2.87. The average Bonchev–Trinajstić information content (AvgIpc) is 2.50. The second kappa shape index (κ2) is 3.87. The SMILES string of the molecule is CCc1c(C)c2cc(C(=O)O)c(F)cc2n1C. The highest BCUT2D eigenvalue weighted by molar-refractivity contribution is 5.95. The van der Waals surface area contributed by atoms with E-state index in [9.17, 15) is 9.18 Å². The van der Waals surface area contributed by atoms with Crippen LogP contribution in [0, 0.1) is 12.7 Å². The molecule has 0 fully saturated rings. The molecule has 4 heteroatoms. The van der Waals surface area contributed by atoms with Gasteiger partial charge in [0.05, 0.1) is 11.1 Å². The van der Waals surface area contributed by atoms with Crippen molar-refractivity contribution in [2.24, 2.45) is 7.05 Å². The zero-order valence-electron chi connectivity index (χ0n) is 10.0. The second-order valence-electron chi connectivity index (χ2n) is 4.14. The number of nitrogens with zero attached hydrogens (tertiary/aromatic N) is 1. The van der Waals surface area contributed by atoms with Gasteiger partial charge in [-0.3, -0.25) is 0 Å². The Bertz CT molecular complexity index is 614. The molecule has 0 bridgehead atoms. The number of halogens is 1. The maximum Gasteiger partial charge on any atom is 0.338 e. The van der Waals surface area contributed by atoms with Crippen molar-refractivity contribution < 1.29 is 14.3 Å². The molecule has 1 aromatic heterocycles. The van der Waals surface area contributed by atoms with Crippen molar-refractivity contribution in [3.63, 3.8) is 0 Å². The van der Waals surface area contributed by atoms with Crippen molar-refractivity contribution in [1.82, 2.24) is 4.57 Å². The van der Waals surface area contributed by atoms with Gasteiger partial charge in [0.25, 0.3) is 0 Å². The summed E-state index contributed by atoms with van der Waals surface area (Å²) in [5, 5.41) is 9.71. The van der Waals surface area contributed by atoms with Crippen LogP contribution in [0.25, 0.3) is 10.9 Å². The van der Waals surface area contributed by atoms with Crippen LogP contribution in [-0.4, -0.2) is 15.6 Å². The normalized spacial score (nSPS) is 11.1. The highest BCUT2D eigenvalue weighted by atomic mass is 19.1. The van der Waals surface area contributed by atoms with Gasteiger partial charge in [-0.15, -0.1) is 0 Å². The van der Waals surface area contributed by atoms with Gasteiger partial charge in [-0.2, -0.15) is 0 Å². The van der Waals surface area contributed by atoms with E-state index in [0.717, 1.165) is 28.6 Å². The van der Waals surface area contributed by atoms with E-state index >= 15 is 0 Å². The lowest BCUT2D eigenvalue weighted by atomic mass is 10.1. The summed E-state index contributed by atoms with van der Waals surface area (Å²) in [5.74, 6) is -1.92. The monoisotopic (exact) mass is 235 g/mol. The van der Waals surface area contributed by atoms with Gasteiger partial charge in [-0.1, -0.05) is 6.92 Å². The molecule has 0 radical (unpaired) electrons. The molecule has 90 valence electrons. The van der Waals surface area contributed by atoms with E-state index in [1.54, 1.807) is 0 Å². The molecule has 2 aromatic rings. The summed E-state index contributed by atoms with van der Waals surface area (Å²) in [7, 11) is 1.87. The first-order chi connectivity index (χ1) is 7.97. The number of rotatable bonds is 2. The number of hydrogen-bond donors (Lipinski definition) is 1. The van der Waals surface area contributed by atoms with Crippen LogP contribution >= 0.6 is 0 Å². The number of carboxylic acid groups (broad SMARTS) is 1. The lowest BCUT2D eigenvalue weighted by Gasteiger charge is -2.02. The number of fused-ring (bicyclic) bond motifs is 1. The highest BCUT2D eigenvalue weighted by Crippen LogP contribution is 2.27. The summed E-state index contributed by atoms with van der Waals surface area (Å²) >= 11 is 0. The van der Waals surface area contributed by atoms with Crippen molar-refractivity contribution in [3.05, 3.63) is 34.8 Å². The fourth-order valence-corrected chi connectivity index (χ4v) is 2.36. The lowest BCUT2D eigenvalue weighted by Crippen LogP contribution is -2.00. The molecule has 0 atom stereocenters. The van der Waals surface area contributed by atoms with Crippen molar-refractivity contribution in [2.75, 3.05) is 0 Å². The van der Waals surface area contributed by atoms with Crippen molar-refractivity contribution in [2.45, 2.75) is 20.3 Å². The summed E-state index contributed by atoms with van der Waals surface area (Å²) in [5.41, 5.74) is 2.59. The summed E-state index contributed by atoms with van der Waals surface area (Å²) in [6.45, 7) is 3.96. The Morgan fingerprint density at radius 3 is 2.65 bits per heavy atom. The minimum Gasteiger partial charge on any atom is -0.478 e. The predicted molar refractivity (Wildman–Crippen MR) is 64.0 cm³/mol. The van der Waals surface area contributed by atoms with Gasteiger partial charge in [-0.05, 0) is 31.0 Å². The van der Waals surface area contributed by atoms with Gasteiger partial charge >= 0.3 is 5.97 Å². The van der Waals surface area contributed by atoms with Crippen LogP contribution in [0.4, 0.5) is 4.39 Å². The van der Waals surface area contributed by atoms with Gasteiger partial charge in [0, 0.05) is 18.1 Å². The number of benzene rings is 1. The molecule has 0 amide bonds. The zero-order valence-corrected chi connectivity index (χ0v) is 10.0. The summed E-state index contributed by atoms with van der Waals surface area (Å²) in [6, 6.07) is 2.71. The minimum atomic E-state index is -1.23. The van der Waals surface area contributed by atoms with E-state index in [0.29, 0.717) is 0 Å². The third kappa shape index (κ3) is 1.60. The van der Waals surface area contributed by atoms with E-state index in [4.69, 9.17) is 5.11 Å². The van der Waals surface area contributed by atoms with E-state index in [1.807, 2.05) is 25.5 Å². The van der Waals surface area contributed by atoms with Crippen molar-refractivity contribution >= 4 is 16.9 Å². The molecule has 1 N–H and O–H groups in total. The van der Waals surface area contributed by atoms with Crippen LogP contribution in [-0.2, 0) is 13.5 Å². The third-order valence-corrected chi connectivity index (χ3v) is 3.25. The van der Waals surface area contributed by atoms with Crippen LogP contribution < -0.4 is 0 Å². The number of aromatic carboxylic acids is 1. The fraction of sp³-hybridized carbons (Fsp3) is 0.308. The van der Waals surface area contributed by atoms with E-state index in [-0.39, 0.29) is 5.56 Å². The van der Waals surface area contributed by atoms with Gasteiger partial charge < -0.3 is 9.67 Å². The Morgan fingerprint density at radius 1 is 1.47 bits per heavy atom. The van der Waals surface area contributed by atoms with E-state index < -0.39 is 11.8 Å². The van der Waals surface area contributed by atoms with Gasteiger partial charge in [0.2, 0.25) is 0 Å². The fourth-order valence-electron chi connectivity index (χ4n) is 2.36. The van der Waals surface area contributed by atoms with Crippen LogP contribution in [0.5, 0.6) is 0 Å². The zero-order chi connectivity index (χ0) is 12.7. The van der Waals surface area contributed by atoms with E-state index in [1.165, 1.54) is 12.1 Å². The minimum absolute atomic E-state index is 0.270. The molecule has 0 saturated heterocycles. The number of aryl methyl sites for hydroxylation is 2. The topological polar surface area (TPSA) is 42.2 Å². The molecule has 0 unspecified atom stereocenters. The summed E-state index contributed by atoms with van der Waals surface area (Å²) in [4.78, 5) is 10.9. The first kappa shape index (κ1) is 11.6. The quantitative estimate of drug-likeness (QED) is 0.869. The van der Waals surface area contributed by atoms with E-state index in [2.05, 4.69) is 0 Å². The maximum absolute atomic E-state index is 13.6. The van der Waals surface area contributed by atoms with Gasteiger partial charge in [0.15, 0.2) is 0 Å². The molecule has 0 aliphatic heterocycles. The molecule has 0 aliphatic rings. The van der Waals surface area contributed by atoms with Crippen LogP contribution in [0.15, 0.2) is 12.1 Å². The Labute approximate surface area is 98.5 Å². The molecular formula is C13H14FNO2. The average molecular weight is 235 g/mol. The maximum atomic E-state index is 13.6. The largest absolute Gasteiger partial charge is 0.478 e. The molecule has 3 nitrogen and oxygen atoms in total. The van der Waals surface area contributed by atoms with Crippen molar-refractivity contribution in [3.8, 4) is 0 Å². The van der Waals surface area contributed by atoms with Gasteiger partial charge in [-0.25, -0.2) is 9.18 Å². The first-order valence-corrected chi connectivity index (χ1v) is 5.48. The predicted octanol–water partition coefficient (Wildman–Crippen LogP) is 2.89. The molecular weight excluding hydrogens is 221 g/mol. The number of carboxylic acids is 1. The molecule has 2 rings (SSSR count). The molecule has 0 spiro atoms. The Kier molecular flexibility index (Phi) is 2.65. The second-order valence-corrected chi connectivity index (χ2v) is 4.14. The number of hydrogen-bond acceptors (Lipinski definition) is 1. The molecule has 1 aromatic carbocycles. The lowest BCUT2D eigenvalue weighted by molar-refractivity contribution is 0.0692. The molecule has 17 heavy (non-hydrogen) atoms. The highest BCUT2D eigenvalue weighted by Gasteiger charge is 2.16. The van der Waals surface area contributed by atoms with Crippen LogP contribution in [0.3, 0.4) is 0 Å². The van der Waals surface area contributed by atoms with Crippen molar-refractivity contribution in [1.29, 1.82) is 0 Å². The summed E-state index contributed by atoms with van der Waals surface area (Å²) < 4.78 is 15.5. The molecule has 0 saturated carbocycles. The standard InChI is InChI=1S/C13H14FNO2/c1-4-11-7(2)8-5-9(13(16)17)10(14)6-12(8)15(11)3/h5-6H,4H2,1-3H3,(H,16,17). The number of aromatic nitrogens is 1. The molecule has 1 heterocycles. The summed E-state index contributed by atoms with van der Waals surface area (Å²) in [6.07, 6.45) is 0.834. The first-order valence-electron chi connectivity index (χ1n) is 5.48. The van der Waals surface area contributed by atoms with Crippen LogP contribution in [0.2, 0.25) is 0 Å².